The van der Waals surface area contributed by atoms with Gasteiger partial charge in [0.25, 0.3) is 0 Å². The van der Waals surface area contributed by atoms with E-state index < -0.39 is 0 Å². The summed E-state index contributed by atoms with van der Waals surface area (Å²) in [6.07, 6.45) is 5.02. The molecule has 0 amide bonds. The van der Waals surface area contributed by atoms with E-state index in [-0.39, 0.29) is 11.6 Å². The van der Waals surface area contributed by atoms with Crippen molar-refractivity contribution in [3.05, 3.63) is 0 Å². The maximum Gasteiger partial charge on any atom is 0.302 e. The minimum atomic E-state index is -0.173. The molecule has 3 nitrogen and oxygen atoms in total. The lowest BCUT2D eigenvalue weighted by atomic mass is 9.81. The van der Waals surface area contributed by atoms with Crippen LogP contribution in [0.15, 0.2) is 0 Å². The van der Waals surface area contributed by atoms with E-state index in [1.165, 1.54) is 19.8 Å². The maximum atomic E-state index is 10.6. The molecule has 1 heterocycles. The van der Waals surface area contributed by atoms with Gasteiger partial charge in [0.05, 0.1) is 18.3 Å². The van der Waals surface area contributed by atoms with E-state index >= 15 is 0 Å². The van der Waals surface area contributed by atoms with E-state index in [0.29, 0.717) is 18.6 Å². The predicted octanol–water partition coefficient (Wildman–Crippen LogP) is 1.90. The highest BCUT2D eigenvalue weighted by Crippen LogP contribution is 2.49. The summed E-state index contributed by atoms with van der Waals surface area (Å²) >= 11 is 0. The number of ether oxygens (including phenoxy) is 2. The number of rotatable bonds is 3. The lowest BCUT2D eigenvalue weighted by Crippen LogP contribution is -2.22. The van der Waals surface area contributed by atoms with Crippen LogP contribution in [0.4, 0.5) is 0 Å². The molecular formula is C11H18O3. The van der Waals surface area contributed by atoms with Gasteiger partial charge in [-0.1, -0.05) is 0 Å². The molecule has 2 aliphatic rings. The van der Waals surface area contributed by atoms with Gasteiger partial charge < -0.3 is 9.47 Å². The van der Waals surface area contributed by atoms with Gasteiger partial charge in [0.2, 0.25) is 0 Å². The zero-order chi connectivity index (χ0) is 10.2. The van der Waals surface area contributed by atoms with Crippen molar-refractivity contribution >= 4 is 5.97 Å². The lowest BCUT2D eigenvalue weighted by molar-refractivity contribution is -0.141. The Hall–Kier alpha value is -0.570. The highest BCUT2D eigenvalue weighted by Gasteiger charge is 2.54. The van der Waals surface area contributed by atoms with Crippen molar-refractivity contribution in [1.29, 1.82) is 0 Å². The molecule has 1 aliphatic carbocycles. The van der Waals surface area contributed by atoms with Crippen LogP contribution in [-0.4, -0.2) is 24.3 Å². The molecule has 3 unspecified atom stereocenters. The standard InChI is InChI=1S/C11H18O3/c1-8(12)13-6-4-9-3-5-11(2)10(7-9)14-11/h9-10H,3-7H2,1-2H3. The monoisotopic (exact) mass is 198 g/mol. The molecule has 14 heavy (non-hydrogen) atoms. The SMILES string of the molecule is CC(=O)OCCC1CCC2(C)OC2C1. The van der Waals surface area contributed by atoms with Crippen LogP contribution in [0.1, 0.15) is 39.5 Å². The van der Waals surface area contributed by atoms with Crippen LogP contribution in [-0.2, 0) is 14.3 Å². The molecule has 2 fully saturated rings. The van der Waals surface area contributed by atoms with Crippen LogP contribution in [0.25, 0.3) is 0 Å². The Morgan fingerprint density at radius 3 is 3.07 bits per heavy atom. The van der Waals surface area contributed by atoms with Gasteiger partial charge in [0, 0.05) is 6.92 Å². The van der Waals surface area contributed by atoms with Crippen LogP contribution in [0, 0.1) is 5.92 Å². The smallest absolute Gasteiger partial charge is 0.302 e. The van der Waals surface area contributed by atoms with Gasteiger partial charge in [-0.05, 0) is 38.5 Å². The fraction of sp³-hybridized carbons (Fsp3) is 0.909. The van der Waals surface area contributed by atoms with E-state index in [9.17, 15) is 4.79 Å². The molecule has 80 valence electrons. The Labute approximate surface area is 84.8 Å². The number of carbonyl (C=O) groups is 1. The molecule has 0 aromatic heterocycles. The Bertz CT molecular complexity index is 239. The van der Waals surface area contributed by atoms with E-state index in [1.54, 1.807) is 0 Å². The largest absolute Gasteiger partial charge is 0.466 e. The molecule has 0 aromatic carbocycles. The van der Waals surface area contributed by atoms with Gasteiger partial charge in [-0.25, -0.2) is 0 Å². The molecule has 0 bridgehead atoms. The number of fused-ring (bicyclic) bond motifs is 1. The molecule has 0 aromatic rings. The first-order chi connectivity index (χ1) is 6.60. The van der Waals surface area contributed by atoms with E-state index in [2.05, 4.69) is 6.92 Å². The third-order valence-electron chi connectivity index (χ3n) is 3.46. The number of esters is 1. The van der Waals surface area contributed by atoms with Gasteiger partial charge in [0.15, 0.2) is 0 Å². The molecule has 1 saturated heterocycles. The molecule has 0 spiro atoms. The second-order valence-electron chi connectivity index (χ2n) is 4.69. The fourth-order valence-corrected chi connectivity index (χ4v) is 2.35. The van der Waals surface area contributed by atoms with Crippen molar-refractivity contribution < 1.29 is 14.3 Å². The van der Waals surface area contributed by atoms with Gasteiger partial charge in [-0.3, -0.25) is 4.79 Å². The topological polar surface area (TPSA) is 38.8 Å². The van der Waals surface area contributed by atoms with Crippen LogP contribution < -0.4 is 0 Å². The summed E-state index contributed by atoms with van der Waals surface area (Å²) in [5.41, 5.74) is 0.206. The molecule has 1 saturated carbocycles. The quantitative estimate of drug-likeness (QED) is 0.513. The normalized spacial score (nSPS) is 40.1. The van der Waals surface area contributed by atoms with Crippen LogP contribution in [0.2, 0.25) is 0 Å². The van der Waals surface area contributed by atoms with Crippen molar-refractivity contribution in [3.63, 3.8) is 0 Å². The van der Waals surface area contributed by atoms with Crippen LogP contribution in [0.3, 0.4) is 0 Å². The molecule has 0 N–H and O–H groups in total. The van der Waals surface area contributed by atoms with Crippen molar-refractivity contribution in [2.45, 2.75) is 51.2 Å². The Morgan fingerprint density at radius 2 is 2.43 bits per heavy atom. The average molecular weight is 198 g/mol. The third kappa shape index (κ3) is 2.08. The maximum absolute atomic E-state index is 10.6. The summed E-state index contributed by atoms with van der Waals surface area (Å²) < 4.78 is 10.6. The lowest BCUT2D eigenvalue weighted by Gasteiger charge is -2.21. The average Bonchev–Trinajstić information content (AvgIpc) is 2.75. The zero-order valence-electron chi connectivity index (χ0n) is 8.91. The van der Waals surface area contributed by atoms with Crippen LogP contribution >= 0.6 is 0 Å². The minimum Gasteiger partial charge on any atom is -0.466 e. The molecule has 3 heteroatoms. The Kier molecular flexibility index (Phi) is 2.52. The van der Waals surface area contributed by atoms with Gasteiger partial charge >= 0.3 is 5.97 Å². The first kappa shape index (κ1) is 9.97. The van der Waals surface area contributed by atoms with Gasteiger partial charge in [-0.2, -0.15) is 0 Å². The third-order valence-corrected chi connectivity index (χ3v) is 3.46. The van der Waals surface area contributed by atoms with E-state index in [4.69, 9.17) is 9.47 Å². The molecule has 3 atom stereocenters. The summed E-state index contributed by atoms with van der Waals surface area (Å²) in [7, 11) is 0. The molecular weight excluding hydrogens is 180 g/mol. The van der Waals surface area contributed by atoms with E-state index in [0.717, 1.165) is 12.8 Å². The number of epoxide rings is 1. The summed E-state index contributed by atoms with van der Waals surface area (Å²) in [6.45, 7) is 4.23. The zero-order valence-corrected chi connectivity index (χ0v) is 8.91. The summed E-state index contributed by atoms with van der Waals surface area (Å²) in [6, 6.07) is 0. The highest BCUT2D eigenvalue weighted by atomic mass is 16.6. The van der Waals surface area contributed by atoms with Crippen molar-refractivity contribution in [2.75, 3.05) is 6.61 Å². The van der Waals surface area contributed by atoms with Gasteiger partial charge in [-0.15, -0.1) is 0 Å². The van der Waals surface area contributed by atoms with E-state index in [1.807, 2.05) is 0 Å². The summed E-state index contributed by atoms with van der Waals surface area (Å²) in [4.78, 5) is 10.6. The van der Waals surface area contributed by atoms with Crippen molar-refractivity contribution in [2.24, 2.45) is 5.92 Å². The highest BCUT2D eigenvalue weighted by molar-refractivity contribution is 5.65. The second kappa shape index (κ2) is 3.54. The van der Waals surface area contributed by atoms with Crippen molar-refractivity contribution in [1.82, 2.24) is 0 Å². The first-order valence-electron chi connectivity index (χ1n) is 5.41. The summed E-state index contributed by atoms with van der Waals surface area (Å²) in [5, 5.41) is 0. The minimum absolute atomic E-state index is 0.173. The molecule has 0 radical (unpaired) electrons. The Balaban J connectivity index is 1.66. The van der Waals surface area contributed by atoms with Crippen LogP contribution in [0.5, 0.6) is 0 Å². The predicted molar refractivity (Wildman–Crippen MR) is 51.9 cm³/mol. The summed E-state index contributed by atoms with van der Waals surface area (Å²) in [5.74, 6) is 0.517. The first-order valence-corrected chi connectivity index (χ1v) is 5.41. The fourth-order valence-electron chi connectivity index (χ4n) is 2.35. The second-order valence-corrected chi connectivity index (χ2v) is 4.69. The molecule has 1 aliphatic heterocycles. The molecule has 2 rings (SSSR count). The Morgan fingerprint density at radius 1 is 1.64 bits per heavy atom. The van der Waals surface area contributed by atoms with Crippen molar-refractivity contribution in [3.8, 4) is 0 Å². The number of hydrogen-bond donors (Lipinski definition) is 0. The number of carbonyl (C=O) groups excluding carboxylic acids is 1. The van der Waals surface area contributed by atoms with Gasteiger partial charge in [0.1, 0.15) is 0 Å². The number of hydrogen-bond acceptors (Lipinski definition) is 3.